The van der Waals surface area contributed by atoms with Gasteiger partial charge in [0.25, 0.3) is 0 Å². The van der Waals surface area contributed by atoms with Crippen LogP contribution in [0.5, 0.6) is 0 Å². The molecule has 3 heterocycles. The number of guanidine groups is 1. The number of aliphatic imine (C=N–C) groups is 1. The van der Waals surface area contributed by atoms with E-state index in [1.807, 2.05) is 7.05 Å². The summed E-state index contributed by atoms with van der Waals surface area (Å²) in [7, 11) is 1.85. The van der Waals surface area contributed by atoms with Gasteiger partial charge in [0.15, 0.2) is 5.96 Å². The summed E-state index contributed by atoms with van der Waals surface area (Å²) in [6.07, 6.45) is 1.07. The van der Waals surface area contributed by atoms with Crippen molar-refractivity contribution in [3.05, 3.63) is 35.4 Å². The van der Waals surface area contributed by atoms with Crippen molar-refractivity contribution in [3.63, 3.8) is 0 Å². The van der Waals surface area contributed by atoms with Gasteiger partial charge < -0.3 is 10.6 Å². The summed E-state index contributed by atoms with van der Waals surface area (Å²) in [4.78, 5) is 9.54. The van der Waals surface area contributed by atoms with E-state index in [9.17, 15) is 0 Å². The Kier molecular flexibility index (Phi) is 5.51. The minimum Gasteiger partial charge on any atom is -0.355 e. The van der Waals surface area contributed by atoms with E-state index in [1.54, 1.807) is 0 Å². The van der Waals surface area contributed by atoms with Crippen molar-refractivity contribution in [2.75, 3.05) is 46.3 Å². The van der Waals surface area contributed by atoms with E-state index in [0.29, 0.717) is 6.04 Å². The lowest BCUT2D eigenvalue weighted by atomic mass is 10.1. The highest BCUT2D eigenvalue weighted by Crippen LogP contribution is 2.14. The van der Waals surface area contributed by atoms with E-state index in [0.717, 1.165) is 25.5 Å². The van der Waals surface area contributed by atoms with Crippen LogP contribution in [0.25, 0.3) is 0 Å². The first-order valence-corrected chi connectivity index (χ1v) is 8.78. The van der Waals surface area contributed by atoms with Crippen molar-refractivity contribution in [1.29, 1.82) is 0 Å². The van der Waals surface area contributed by atoms with Crippen LogP contribution in [0.2, 0.25) is 0 Å². The first-order valence-electron chi connectivity index (χ1n) is 8.78. The van der Waals surface area contributed by atoms with Gasteiger partial charge in [0.1, 0.15) is 0 Å². The molecule has 0 aromatic heterocycles. The maximum Gasteiger partial charge on any atom is 0.191 e. The van der Waals surface area contributed by atoms with Crippen LogP contribution in [0.1, 0.15) is 18.1 Å². The molecule has 0 aliphatic carbocycles. The minimum absolute atomic E-state index is 0.610. The van der Waals surface area contributed by atoms with Crippen molar-refractivity contribution in [2.24, 2.45) is 4.99 Å². The molecule has 3 fully saturated rings. The first kappa shape index (κ1) is 16.3. The Hall–Kier alpha value is -1.59. The predicted octanol–water partition coefficient (Wildman–Crippen LogP) is 0.914. The van der Waals surface area contributed by atoms with E-state index in [4.69, 9.17) is 0 Å². The summed E-state index contributed by atoms with van der Waals surface area (Å²) in [5.74, 6) is 0.897. The monoisotopic (exact) mass is 315 g/mol. The molecule has 23 heavy (non-hydrogen) atoms. The van der Waals surface area contributed by atoms with Crippen LogP contribution in [-0.4, -0.2) is 68.1 Å². The molecule has 1 atom stereocenters. The lowest BCUT2D eigenvalue weighted by Crippen LogP contribution is -2.63. The summed E-state index contributed by atoms with van der Waals surface area (Å²) in [5.41, 5.74) is 2.75. The molecule has 3 aliphatic heterocycles. The topological polar surface area (TPSA) is 42.9 Å². The summed E-state index contributed by atoms with van der Waals surface area (Å²) < 4.78 is 0. The second kappa shape index (κ2) is 7.79. The van der Waals surface area contributed by atoms with Gasteiger partial charge in [0.2, 0.25) is 0 Å². The van der Waals surface area contributed by atoms with Gasteiger partial charge >= 0.3 is 0 Å². The summed E-state index contributed by atoms with van der Waals surface area (Å²) in [5, 5.41) is 6.95. The Bertz CT molecular complexity index is 534. The smallest absolute Gasteiger partial charge is 0.191 e. The van der Waals surface area contributed by atoms with Crippen molar-refractivity contribution in [2.45, 2.75) is 25.9 Å². The van der Waals surface area contributed by atoms with Crippen LogP contribution in [0.3, 0.4) is 0 Å². The molecule has 5 nitrogen and oxygen atoms in total. The largest absolute Gasteiger partial charge is 0.355 e. The molecule has 5 heteroatoms. The molecule has 0 amide bonds. The van der Waals surface area contributed by atoms with Crippen LogP contribution >= 0.6 is 0 Å². The molecule has 0 saturated carbocycles. The number of nitrogens with zero attached hydrogens (tertiary/aromatic N) is 3. The maximum absolute atomic E-state index is 4.37. The molecule has 3 saturated heterocycles. The molecule has 2 bridgehead atoms. The second-order valence-electron chi connectivity index (χ2n) is 6.42. The summed E-state index contributed by atoms with van der Waals surface area (Å²) >= 11 is 0. The van der Waals surface area contributed by atoms with Gasteiger partial charge in [-0.2, -0.15) is 0 Å². The highest BCUT2D eigenvalue weighted by Gasteiger charge is 2.31. The molecular weight excluding hydrogens is 286 g/mol. The maximum atomic E-state index is 4.37. The zero-order valence-electron chi connectivity index (χ0n) is 14.4. The number of hydrogen-bond acceptors (Lipinski definition) is 3. The second-order valence-corrected chi connectivity index (χ2v) is 6.42. The average Bonchev–Trinajstić information content (AvgIpc) is 2.63. The SMILES string of the molecule is CCc1ccccc1CNC(=NC)NCC1CN2CCN1CC2. The first-order chi connectivity index (χ1) is 11.3. The van der Waals surface area contributed by atoms with Crippen LogP contribution in [0.4, 0.5) is 0 Å². The molecule has 1 aromatic carbocycles. The molecule has 0 spiro atoms. The fourth-order valence-electron chi connectivity index (χ4n) is 3.61. The fourth-order valence-corrected chi connectivity index (χ4v) is 3.61. The zero-order valence-corrected chi connectivity index (χ0v) is 14.4. The number of rotatable bonds is 5. The molecule has 126 valence electrons. The third-order valence-corrected chi connectivity index (χ3v) is 5.07. The lowest BCUT2D eigenvalue weighted by Gasteiger charge is -2.47. The number of fused-ring (bicyclic) bond motifs is 3. The Balaban J connectivity index is 1.49. The van der Waals surface area contributed by atoms with Crippen LogP contribution < -0.4 is 10.6 Å². The van der Waals surface area contributed by atoms with Gasteiger partial charge in [0.05, 0.1) is 0 Å². The Morgan fingerprint density at radius 2 is 1.87 bits per heavy atom. The number of benzene rings is 1. The van der Waals surface area contributed by atoms with Crippen molar-refractivity contribution < 1.29 is 0 Å². The van der Waals surface area contributed by atoms with Crippen molar-refractivity contribution in [3.8, 4) is 0 Å². The fraction of sp³-hybridized carbons (Fsp3) is 0.611. The van der Waals surface area contributed by atoms with E-state index >= 15 is 0 Å². The van der Waals surface area contributed by atoms with Gasteiger partial charge in [-0.3, -0.25) is 14.8 Å². The Morgan fingerprint density at radius 1 is 1.13 bits per heavy atom. The number of piperazine rings is 3. The average molecular weight is 315 g/mol. The Labute approximate surface area is 139 Å². The molecule has 3 aliphatic rings. The van der Waals surface area contributed by atoms with Gasteiger partial charge in [-0.1, -0.05) is 31.2 Å². The molecular formula is C18H29N5. The molecule has 1 aromatic rings. The number of nitrogens with one attached hydrogen (secondary N) is 2. The van der Waals surface area contributed by atoms with E-state index in [-0.39, 0.29) is 0 Å². The predicted molar refractivity (Wildman–Crippen MR) is 95.8 cm³/mol. The highest BCUT2D eigenvalue weighted by atomic mass is 15.4. The van der Waals surface area contributed by atoms with E-state index in [1.165, 1.54) is 43.9 Å². The third kappa shape index (κ3) is 4.03. The zero-order chi connectivity index (χ0) is 16.1. The van der Waals surface area contributed by atoms with E-state index < -0.39 is 0 Å². The lowest BCUT2D eigenvalue weighted by molar-refractivity contribution is 0.0154. The Morgan fingerprint density at radius 3 is 2.48 bits per heavy atom. The molecule has 0 radical (unpaired) electrons. The van der Waals surface area contributed by atoms with Gasteiger partial charge in [-0.05, 0) is 17.5 Å². The standard InChI is InChI=1S/C18H29N5/c1-3-15-6-4-5-7-16(15)12-20-18(19-2)21-13-17-14-22-8-10-23(17)11-9-22/h4-7,17H,3,8-14H2,1-2H3,(H2,19,20,21). The summed E-state index contributed by atoms with van der Waals surface area (Å²) in [6, 6.07) is 9.22. The van der Waals surface area contributed by atoms with Crippen LogP contribution in [-0.2, 0) is 13.0 Å². The normalized spacial score (nSPS) is 27.0. The van der Waals surface area contributed by atoms with Gasteiger partial charge in [-0.15, -0.1) is 0 Å². The molecule has 4 rings (SSSR count). The van der Waals surface area contributed by atoms with Crippen molar-refractivity contribution >= 4 is 5.96 Å². The minimum atomic E-state index is 0.610. The van der Waals surface area contributed by atoms with E-state index in [2.05, 4.69) is 56.6 Å². The van der Waals surface area contributed by atoms with Crippen molar-refractivity contribution in [1.82, 2.24) is 20.4 Å². The highest BCUT2D eigenvalue weighted by molar-refractivity contribution is 5.79. The van der Waals surface area contributed by atoms with Gasteiger partial charge in [0, 0.05) is 58.9 Å². The summed E-state index contributed by atoms with van der Waals surface area (Å²) in [6.45, 7) is 10.1. The van der Waals surface area contributed by atoms with Crippen LogP contribution in [0, 0.1) is 0 Å². The van der Waals surface area contributed by atoms with Crippen LogP contribution in [0.15, 0.2) is 29.3 Å². The molecule has 2 N–H and O–H groups in total. The van der Waals surface area contributed by atoms with Gasteiger partial charge in [-0.25, -0.2) is 0 Å². The number of hydrogen-bond donors (Lipinski definition) is 2. The number of aryl methyl sites for hydroxylation is 1. The quantitative estimate of drug-likeness (QED) is 0.626. The third-order valence-electron chi connectivity index (χ3n) is 5.07. The molecule has 1 unspecified atom stereocenters.